The third-order valence-corrected chi connectivity index (χ3v) is 3.74. The molecule has 1 aromatic heterocycles. The van der Waals surface area contributed by atoms with Crippen LogP contribution in [0.2, 0.25) is 5.15 Å². The van der Waals surface area contributed by atoms with Gasteiger partial charge >= 0.3 is 5.97 Å². The van der Waals surface area contributed by atoms with Crippen molar-refractivity contribution in [3.8, 4) is 0 Å². The van der Waals surface area contributed by atoms with Gasteiger partial charge in [0.25, 0.3) is 5.69 Å². The molecule has 7 nitrogen and oxygen atoms in total. The summed E-state index contributed by atoms with van der Waals surface area (Å²) in [5.74, 6) is -1.36. The highest BCUT2D eigenvalue weighted by Crippen LogP contribution is 2.26. The van der Waals surface area contributed by atoms with Crippen molar-refractivity contribution in [1.29, 1.82) is 0 Å². The SMILES string of the molecule is Cc1nc(Cc2ccc([N+](=O)[O-])cc2)nc(Cl)c1C(C)C(=O)O. The van der Waals surface area contributed by atoms with Crippen LogP contribution in [0.4, 0.5) is 5.69 Å². The van der Waals surface area contributed by atoms with Gasteiger partial charge in [0.15, 0.2) is 0 Å². The highest BCUT2D eigenvalue weighted by Gasteiger charge is 2.22. The van der Waals surface area contributed by atoms with Crippen molar-refractivity contribution in [1.82, 2.24) is 9.97 Å². The Balaban J connectivity index is 2.28. The summed E-state index contributed by atoms with van der Waals surface area (Å²) in [5, 5.41) is 19.8. The average Bonchev–Trinajstić information content (AvgIpc) is 2.46. The lowest BCUT2D eigenvalue weighted by Crippen LogP contribution is -2.13. The van der Waals surface area contributed by atoms with E-state index >= 15 is 0 Å². The molecular formula is C15H14ClN3O4. The number of halogens is 1. The predicted molar refractivity (Wildman–Crippen MR) is 83.7 cm³/mol. The fraction of sp³-hybridized carbons (Fsp3) is 0.267. The minimum absolute atomic E-state index is 0.00881. The van der Waals surface area contributed by atoms with Crippen molar-refractivity contribution in [2.75, 3.05) is 0 Å². The molecule has 2 aromatic rings. The van der Waals surface area contributed by atoms with Gasteiger partial charge in [-0.05, 0) is 19.4 Å². The quantitative estimate of drug-likeness (QED) is 0.511. The van der Waals surface area contributed by atoms with Crippen LogP contribution < -0.4 is 0 Å². The molecule has 120 valence electrons. The molecule has 1 aromatic carbocycles. The van der Waals surface area contributed by atoms with Gasteiger partial charge in [-0.3, -0.25) is 14.9 Å². The van der Waals surface area contributed by atoms with Gasteiger partial charge in [-0.15, -0.1) is 0 Å². The molecule has 0 aliphatic carbocycles. The van der Waals surface area contributed by atoms with Crippen molar-refractivity contribution >= 4 is 23.3 Å². The molecule has 8 heteroatoms. The van der Waals surface area contributed by atoms with Crippen LogP contribution in [-0.2, 0) is 11.2 Å². The van der Waals surface area contributed by atoms with Crippen LogP contribution in [0, 0.1) is 17.0 Å². The number of nitrogens with zero attached hydrogens (tertiary/aromatic N) is 3. The van der Waals surface area contributed by atoms with E-state index in [-0.39, 0.29) is 10.8 Å². The Morgan fingerprint density at radius 1 is 1.35 bits per heavy atom. The maximum Gasteiger partial charge on any atom is 0.310 e. The van der Waals surface area contributed by atoms with E-state index in [1.807, 2.05) is 0 Å². The highest BCUT2D eigenvalue weighted by atomic mass is 35.5. The molecule has 1 unspecified atom stereocenters. The normalized spacial score (nSPS) is 12.0. The minimum Gasteiger partial charge on any atom is -0.481 e. The molecule has 23 heavy (non-hydrogen) atoms. The predicted octanol–water partition coefficient (Wildman–Crippen LogP) is 3.13. The van der Waals surface area contributed by atoms with Crippen molar-refractivity contribution in [2.45, 2.75) is 26.2 Å². The van der Waals surface area contributed by atoms with Crippen molar-refractivity contribution in [3.63, 3.8) is 0 Å². The molecular weight excluding hydrogens is 322 g/mol. The van der Waals surface area contributed by atoms with E-state index in [0.717, 1.165) is 5.56 Å². The lowest BCUT2D eigenvalue weighted by molar-refractivity contribution is -0.384. The van der Waals surface area contributed by atoms with Gasteiger partial charge in [0.2, 0.25) is 0 Å². The third kappa shape index (κ3) is 3.81. The van der Waals surface area contributed by atoms with Gasteiger partial charge in [0.05, 0.1) is 10.8 Å². The molecule has 0 aliphatic heterocycles. The number of nitro benzene ring substituents is 1. The molecule has 1 atom stereocenters. The second-order valence-corrected chi connectivity index (χ2v) is 5.45. The molecule has 0 saturated carbocycles. The summed E-state index contributed by atoms with van der Waals surface area (Å²) >= 11 is 6.10. The fourth-order valence-electron chi connectivity index (χ4n) is 2.21. The Hall–Kier alpha value is -2.54. The van der Waals surface area contributed by atoms with E-state index in [2.05, 4.69) is 9.97 Å². The summed E-state index contributed by atoms with van der Waals surface area (Å²) in [6, 6.07) is 6.06. The first-order chi connectivity index (χ1) is 10.8. The van der Waals surface area contributed by atoms with E-state index in [4.69, 9.17) is 16.7 Å². The van der Waals surface area contributed by atoms with Crippen LogP contribution in [-0.4, -0.2) is 26.0 Å². The van der Waals surface area contributed by atoms with Gasteiger partial charge in [-0.1, -0.05) is 23.7 Å². The van der Waals surface area contributed by atoms with E-state index in [0.29, 0.717) is 23.5 Å². The zero-order valence-electron chi connectivity index (χ0n) is 12.5. The number of non-ortho nitro benzene ring substituents is 1. The van der Waals surface area contributed by atoms with E-state index in [9.17, 15) is 14.9 Å². The summed E-state index contributed by atoms with van der Waals surface area (Å²) in [6.07, 6.45) is 0.348. The number of aliphatic carboxylic acids is 1. The molecule has 2 rings (SSSR count). The van der Waals surface area contributed by atoms with Crippen LogP contribution in [0.15, 0.2) is 24.3 Å². The number of rotatable bonds is 5. The molecule has 0 spiro atoms. The monoisotopic (exact) mass is 335 g/mol. The largest absolute Gasteiger partial charge is 0.481 e. The van der Waals surface area contributed by atoms with Gasteiger partial charge in [-0.25, -0.2) is 9.97 Å². The fourth-order valence-corrected chi connectivity index (χ4v) is 2.61. The third-order valence-electron chi connectivity index (χ3n) is 3.45. The Bertz CT molecular complexity index is 739. The first-order valence-corrected chi connectivity index (χ1v) is 7.16. The number of hydrogen-bond acceptors (Lipinski definition) is 5. The van der Waals surface area contributed by atoms with Gasteiger partial charge in [-0.2, -0.15) is 0 Å². The zero-order valence-corrected chi connectivity index (χ0v) is 13.2. The molecule has 1 N–H and O–H groups in total. The second kappa shape index (κ2) is 6.70. The molecule has 0 aliphatic rings. The van der Waals surface area contributed by atoms with Crippen LogP contribution in [0.25, 0.3) is 0 Å². The number of carboxylic acid groups (broad SMARTS) is 1. The first-order valence-electron chi connectivity index (χ1n) is 6.78. The number of carboxylic acids is 1. The number of nitro groups is 1. The molecule has 0 fully saturated rings. The molecule has 0 radical (unpaired) electrons. The van der Waals surface area contributed by atoms with Gasteiger partial charge in [0.1, 0.15) is 11.0 Å². The number of hydrogen-bond donors (Lipinski definition) is 1. The first kappa shape index (κ1) is 16.8. The summed E-state index contributed by atoms with van der Waals surface area (Å²) in [6.45, 7) is 3.21. The minimum atomic E-state index is -0.998. The number of aryl methyl sites for hydroxylation is 1. The van der Waals surface area contributed by atoms with Crippen LogP contribution in [0.5, 0.6) is 0 Å². The number of benzene rings is 1. The molecule has 0 saturated heterocycles. The topological polar surface area (TPSA) is 106 Å². The summed E-state index contributed by atoms with van der Waals surface area (Å²) in [5.41, 5.74) is 1.71. The Labute approximate surface area is 137 Å². The Morgan fingerprint density at radius 3 is 2.43 bits per heavy atom. The summed E-state index contributed by atoms with van der Waals surface area (Å²) in [7, 11) is 0. The lowest BCUT2D eigenvalue weighted by Gasteiger charge is -2.12. The molecule has 1 heterocycles. The van der Waals surface area contributed by atoms with E-state index in [1.165, 1.54) is 19.1 Å². The summed E-state index contributed by atoms with van der Waals surface area (Å²) < 4.78 is 0. The molecule has 0 amide bonds. The van der Waals surface area contributed by atoms with Crippen molar-refractivity contribution < 1.29 is 14.8 Å². The van der Waals surface area contributed by atoms with Crippen LogP contribution >= 0.6 is 11.6 Å². The Kier molecular flexibility index (Phi) is 4.90. The van der Waals surface area contributed by atoms with Crippen LogP contribution in [0.1, 0.15) is 35.5 Å². The highest BCUT2D eigenvalue weighted by molar-refractivity contribution is 6.30. The number of carbonyl (C=O) groups is 1. The maximum atomic E-state index is 11.1. The number of aromatic nitrogens is 2. The Morgan fingerprint density at radius 2 is 1.96 bits per heavy atom. The molecule has 0 bridgehead atoms. The van der Waals surface area contributed by atoms with Gasteiger partial charge < -0.3 is 5.11 Å². The average molecular weight is 336 g/mol. The van der Waals surface area contributed by atoms with E-state index < -0.39 is 16.8 Å². The smallest absolute Gasteiger partial charge is 0.310 e. The van der Waals surface area contributed by atoms with Crippen molar-refractivity contribution in [3.05, 3.63) is 62.2 Å². The maximum absolute atomic E-state index is 11.1. The standard InChI is InChI=1S/C15H14ClN3O4/c1-8(15(20)21)13-9(2)17-12(18-14(13)16)7-10-3-5-11(6-4-10)19(22)23/h3-6,8H,7H2,1-2H3,(H,20,21). The van der Waals surface area contributed by atoms with Crippen LogP contribution in [0.3, 0.4) is 0 Å². The van der Waals surface area contributed by atoms with Gasteiger partial charge in [0, 0.05) is 29.8 Å². The van der Waals surface area contributed by atoms with Crippen molar-refractivity contribution in [2.24, 2.45) is 0 Å². The van der Waals surface area contributed by atoms with E-state index in [1.54, 1.807) is 19.1 Å². The zero-order chi connectivity index (χ0) is 17.1. The summed E-state index contributed by atoms with van der Waals surface area (Å²) in [4.78, 5) is 29.7. The lowest BCUT2D eigenvalue weighted by atomic mass is 10.0. The second-order valence-electron chi connectivity index (χ2n) is 5.09.